The van der Waals surface area contributed by atoms with Gasteiger partial charge in [0.1, 0.15) is 0 Å². The van der Waals surface area contributed by atoms with Gasteiger partial charge in [0.05, 0.1) is 0 Å². The minimum atomic E-state index is -0.665. The van der Waals surface area contributed by atoms with E-state index >= 15 is 0 Å². The summed E-state index contributed by atoms with van der Waals surface area (Å²) >= 11 is 0. The standard InChI is InChI=1S/C25H26N2O2/c1-18(2)19-13-15-22(16-14-19)27-25(29)24(28)26-17-23(20-9-5-3-6-10-20)21-11-7-4-8-12-21/h3-16,18,23H,17H2,1-2H3,(H,26,28)(H,27,29). The quantitative estimate of drug-likeness (QED) is 0.604. The fraction of sp³-hybridized carbons (Fsp3) is 0.200. The van der Waals surface area contributed by atoms with Crippen LogP contribution in [0.1, 0.15) is 42.4 Å². The fourth-order valence-corrected chi connectivity index (χ4v) is 3.21. The Balaban J connectivity index is 1.64. The van der Waals surface area contributed by atoms with Crippen molar-refractivity contribution in [3.05, 3.63) is 102 Å². The summed E-state index contributed by atoms with van der Waals surface area (Å²) in [5.41, 5.74) is 3.96. The zero-order chi connectivity index (χ0) is 20.6. The predicted molar refractivity (Wildman–Crippen MR) is 117 cm³/mol. The van der Waals surface area contributed by atoms with Crippen molar-refractivity contribution in [2.75, 3.05) is 11.9 Å². The molecule has 0 heterocycles. The van der Waals surface area contributed by atoms with Crippen molar-refractivity contribution < 1.29 is 9.59 Å². The molecule has 2 amide bonds. The van der Waals surface area contributed by atoms with Crippen molar-refractivity contribution in [1.29, 1.82) is 0 Å². The molecular weight excluding hydrogens is 360 g/mol. The zero-order valence-corrected chi connectivity index (χ0v) is 16.8. The van der Waals surface area contributed by atoms with Gasteiger partial charge in [-0.1, -0.05) is 86.6 Å². The Bertz CT molecular complexity index is 896. The lowest BCUT2D eigenvalue weighted by molar-refractivity contribution is -0.136. The molecule has 0 radical (unpaired) electrons. The van der Waals surface area contributed by atoms with Crippen LogP contribution >= 0.6 is 0 Å². The van der Waals surface area contributed by atoms with Gasteiger partial charge in [-0.2, -0.15) is 0 Å². The Kier molecular flexibility index (Phi) is 6.80. The highest BCUT2D eigenvalue weighted by Crippen LogP contribution is 2.23. The summed E-state index contributed by atoms with van der Waals surface area (Å²) in [5.74, 6) is -0.924. The average Bonchev–Trinajstić information content (AvgIpc) is 2.75. The minimum Gasteiger partial charge on any atom is -0.347 e. The molecule has 29 heavy (non-hydrogen) atoms. The topological polar surface area (TPSA) is 58.2 Å². The highest BCUT2D eigenvalue weighted by atomic mass is 16.2. The van der Waals surface area contributed by atoms with E-state index in [1.807, 2.05) is 84.9 Å². The van der Waals surface area contributed by atoms with E-state index in [2.05, 4.69) is 24.5 Å². The molecule has 148 valence electrons. The number of carbonyl (C=O) groups is 2. The Hall–Kier alpha value is -3.40. The molecule has 0 aliphatic heterocycles. The molecule has 3 aromatic carbocycles. The van der Waals surface area contributed by atoms with Crippen LogP contribution < -0.4 is 10.6 Å². The van der Waals surface area contributed by atoms with Crippen LogP contribution in [0.2, 0.25) is 0 Å². The lowest BCUT2D eigenvalue weighted by Crippen LogP contribution is -2.37. The number of hydrogen-bond donors (Lipinski definition) is 2. The first kappa shape index (κ1) is 20.3. The van der Waals surface area contributed by atoms with Gasteiger partial charge in [0, 0.05) is 18.2 Å². The second kappa shape index (κ2) is 9.69. The van der Waals surface area contributed by atoms with Crippen LogP contribution in [-0.4, -0.2) is 18.4 Å². The van der Waals surface area contributed by atoms with Crippen LogP contribution in [0.15, 0.2) is 84.9 Å². The SMILES string of the molecule is CC(C)c1ccc(NC(=O)C(=O)NCC(c2ccccc2)c2ccccc2)cc1. The van der Waals surface area contributed by atoms with Crippen LogP contribution in [0.25, 0.3) is 0 Å². The number of anilines is 1. The van der Waals surface area contributed by atoms with Crippen molar-refractivity contribution in [3.63, 3.8) is 0 Å². The van der Waals surface area contributed by atoms with Gasteiger partial charge in [-0.05, 0) is 34.7 Å². The van der Waals surface area contributed by atoms with Gasteiger partial charge in [-0.15, -0.1) is 0 Å². The summed E-state index contributed by atoms with van der Waals surface area (Å²) in [6, 6.07) is 27.5. The average molecular weight is 386 g/mol. The van der Waals surface area contributed by atoms with Crippen LogP contribution in [0.4, 0.5) is 5.69 Å². The highest BCUT2D eigenvalue weighted by Gasteiger charge is 2.18. The molecule has 0 aliphatic rings. The first-order valence-electron chi connectivity index (χ1n) is 9.83. The number of hydrogen-bond acceptors (Lipinski definition) is 2. The van der Waals surface area contributed by atoms with Gasteiger partial charge >= 0.3 is 11.8 Å². The number of nitrogens with one attached hydrogen (secondary N) is 2. The molecule has 0 aliphatic carbocycles. The summed E-state index contributed by atoms with van der Waals surface area (Å²) < 4.78 is 0. The first-order chi connectivity index (χ1) is 14.0. The highest BCUT2D eigenvalue weighted by molar-refractivity contribution is 6.39. The van der Waals surface area contributed by atoms with Crippen molar-refractivity contribution in [2.24, 2.45) is 0 Å². The van der Waals surface area contributed by atoms with Crippen molar-refractivity contribution in [2.45, 2.75) is 25.7 Å². The third-order valence-electron chi connectivity index (χ3n) is 4.91. The number of benzene rings is 3. The molecule has 4 heteroatoms. The minimum absolute atomic E-state index is 0.0283. The van der Waals surface area contributed by atoms with Gasteiger partial charge in [0.25, 0.3) is 0 Å². The summed E-state index contributed by atoms with van der Waals surface area (Å²) in [5, 5.41) is 5.44. The van der Waals surface area contributed by atoms with Gasteiger partial charge in [0.15, 0.2) is 0 Å². The van der Waals surface area contributed by atoms with E-state index in [-0.39, 0.29) is 5.92 Å². The van der Waals surface area contributed by atoms with Gasteiger partial charge in [-0.25, -0.2) is 0 Å². The number of amides is 2. The Labute approximate surface area is 172 Å². The van der Waals surface area contributed by atoms with Crippen molar-refractivity contribution in [1.82, 2.24) is 5.32 Å². The molecule has 3 rings (SSSR count). The molecule has 0 bridgehead atoms. The van der Waals surface area contributed by atoms with E-state index in [4.69, 9.17) is 0 Å². The molecule has 0 unspecified atom stereocenters. The normalized spacial score (nSPS) is 10.8. The molecule has 2 N–H and O–H groups in total. The van der Waals surface area contributed by atoms with Crippen LogP contribution in [0, 0.1) is 0 Å². The smallest absolute Gasteiger partial charge is 0.313 e. The second-order valence-electron chi connectivity index (χ2n) is 7.31. The number of rotatable bonds is 6. The molecule has 0 atom stereocenters. The van der Waals surface area contributed by atoms with Gasteiger partial charge in [-0.3, -0.25) is 9.59 Å². The predicted octanol–water partition coefficient (Wildman–Crippen LogP) is 4.70. The van der Waals surface area contributed by atoms with Crippen molar-refractivity contribution in [3.8, 4) is 0 Å². The first-order valence-corrected chi connectivity index (χ1v) is 9.83. The Morgan fingerprint density at radius 2 is 1.21 bits per heavy atom. The molecule has 0 saturated heterocycles. The molecule has 0 spiro atoms. The third-order valence-corrected chi connectivity index (χ3v) is 4.91. The molecular formula is C25H26N2O2. The molecule has 3 aromatic rings. The molecule has 4 nitrogen and oxygen atoms in total. The van der Waals surface area contributed by atoms with Crippen LogP contribution in [0.5, 0.6) is 0 Å². The van der Waals surface area contributed by atoms with Crippen LogP contribution in [-0.2, 0) is 9.59 Å². The van der Waals surface area contributed by atoms with E-state index < -0.39 is 11.8 Å². The monoisotopic (exact) mass is 386 g/mol. The van der Waals surface area contributed by atoms with Crippen LogP contribution in [0.3, 0.4) is 0 Å². The van der Waals surface area contributed by atoms with Gasteiger partial charge in [0.2, 0.25) is 0 Å². The maximum atomic E-state index is 12.4. The third kappa shape index (κ3) is 5.55. The Morgan fingerprint density at radius 1 is 0.690 bits per heavy atom. The van der Waals surface area contributed by atoms with E-state index in [1.54, 1.807) is 0 Å². The summed E-state index contributed by atoms with van der Waals surface area (Å²) in [6.07, 6.45) is 0. The molecule has 0 fully saturated rings. The second-order valence-corrected chi connectivity index (χ2v) is 7.31. The maximum absolute atomic E-state index is 12.4. The summed E-state index contributed by atoms with van der Waals surface area (Å²) in [6.45, 7) is 4.56. The molecule has 0 aromatic heterocycles. The lowest BCUT2D eigenvalue weighted by atomic mass is 9.91. The van der Waals surface area contributed by atoms with E-state index in [0.717, 1.165) is 11.1 Å². The Morgan fingerprint density at radius 3 is 1.69 bits per heavy atom. The fourth-order valence-electron chi connectivity index (χ4n) is 3.21. The molecule has 0 saturated carbocycles. The van der Waals surface area contributed by atoms with E-state index in [0.29, 0.717) is 18.2 Å². The lowest BCUT2D eigenvalue weighted by Gasteiger charge is -2.18. The number of carbonyl (C=O) groups excluding carboxylic acids is 2. The summed E-state index contributed by atoms with van der Waals surface area (Å²) in [7, 11) is 0. The van der Waals surface area contributed by atoms with Crippen molar-refractivity contribution >= 4 is 17.5 Å². The maximum Gasteiger partial charge on any atom is 0.313 e. The summed E-state index contributed by atoms with van der Waals surface area (Å²) in [4.78, 5) is 24.7. The van der Waals surface area contributed by atoms with E-state index in [1.165, 1.54) is 5.56 Å². The van der Waals surface area contributed by atoms with E-state index in [9.17, 15) is 9.59 Å². The van der Waals surface area contributed by atoms with Gasteiger partial charge < -0.3 is 10.6 Å². The largest absolute Gasteiger partial charge is 0.347 e. The zero-order valence-electron chi connectivity index (χ0n) is 16.8.